The van der Waals surface area contributed by atoms with Crippen molar-refractivity contribution < 1.29 is 14.7 Å². The first kappa shape index (κ1) is 15.4. The molecule has 0 radical (unpaired) electrons. The summed E-state index contributed by atoms with van der Waals surface area (Å²) in [6.07, 6.45) is 1.01. The topological polar surface area (TPSA) is 57.6 Å². The van der Waals surface area contributed by atoms with E-state index >= 15 is 0 Å². The predicted molar refractivity (Wildman–Crippen MR) is 82.6 cm³/mol. The van der Waals surface area contributed by atoms with Crippen LogP contribution in [0.5, 0.6) is 0 Å². The van der Waals surface area contributed by atoms with Crippen molar-refractivity contribution in [3.05, 3.63) is 21.4 Å². The van der Waals surface area contributed by atoms with Crippen molar-refractivity contribution >= 4 is 35.0 Å². The molecule has 1 aliphatic heterocycles. The van der Waals surface area contributed by atoms with E-state index in [4.69, 9.17) is 5.11 Å². The number of hydrogen-bond acceptors (Lipinski definition) is 4. The number of nitrogens with zero attached hydrogens (tertiary/aromatic N) is 1. The van der Waals surface area contributed by atoms with Crippen LogP contribution < -0.4 is 0 Å². The van der Waals surface area contributed by atoms with Gasteiger partial charge in [0, 0.05) is 17.2 Å². The SMILES string of the molecule is CC(C)CN(CC(=O)O)C(=O)c1cc2c(s1)CCSC2. The van der Waals surface area contributed by atoms with Gasteiger partial charge >= 0.3 is 5.97 Å². The minimum atomic E-state index is -0.962. The lowest BCUT2D eigenvalue weighted by molar-refractivity contribution is -0.137. The number of fused-ring (bicyclic) bond motifs is 1. The van der Waals surface area contributed by atoms with Gasteiger partial charge in [-0.05, 0) is 29.7 Å². The normalized spacial score (nSPS) is 14.2. The van der Waals surface area contributed by atoms with Gasteiger partial charge in [0.25, 0.3) is 5.91 Å². The van der Waals surface area contributed by atoms with Crippen molar-refractivity contribution in [2.75, 3.05) is 18.8 Å². The van der Waals surface area contributed by atoms with E-state index in [-0.39, 0.29) is 18.4 Å². The van der Waals surface area contributed by atoms with E-state index in [1.807, 2.05) is 31.7 Å². The molecule has 0 atom stereocenters. The molecule has 0 aliphatic carbocycles. The van der Waals surface area contributed by atoms with E-state index in [1.165, 1.54) is 26.7 Å². The summed E-state index contributed by atoms with van der Waals surface area (Å²) in [6.45, 7) is 4.22. The molecule has 4 nitrogen and oxygen atoms in total. The van der Waals surface area contributed by atoms with Gasteiger partial charge in [-0.15, -0.1) is 11.3 Å². The number of rotatable bonds is 5. The Labute approximate surface area is 127 Å². The summed E-state index contributed by atoms with van der Waals surface area (Å²) >= 11 is 3.41. The van der Waals surface area contributed by atoms with Crippen molar-refractivity contribution in [1.29, 1.82) is 0 Å². The number of carboxylic acid groups (broad SMARTS) is 1. The fourth-order valence-electron chi connectivity index (χ4n) is 2.23. The van der Waals surface area contributed by atoms with Gasteiger partial charge in [-0.25, -0.2) is 0 Å². The highest BCUT2D eigenvalue weighted by molar-refractivity contribution is 7.98. The van der Waals surface area contributed by atoms with Gasteiger partial charge in [-0.3, -0.25) is 9.59 Å². The predicted octanol–water partition coefficient (Wildman–Crippen LogP) is 2.72. The number of hydrogen-bond donors (Lipinski definition) is 1. The van der Waals surface area contributed by atoms with Gasteiger partial charge in [-0.2, -0.15) is 11.8 Å². The van der Waals surface area contributed by atoms with Gasteiger partial charge < -0.3 is 10.0 Å². The summed E-state index contributed by atoms with van der Waals surface area (Å²) in [6, 6.07) is 1.95. The van der Waals surface area contributed by atoms with Gasteiger partial charge in [0.1, 0.15) is 6.54 Å². The summed E-state index contributed by atoms with van der Waals surface area (Å²) < 4.78 is 0. The molecule has 1 amide bonds. The van der Waals surface area contributed by atoms with Crippen LogP contribution in [0.2, 0.25) is 0 Å². The third kappa shape index (κ3) is 3.76. The monoisotopic (exact) mass is 313 g/mol. The van der Waals surface area contributed by atoms with Crippen LogP contribution in [0.15, 0.2) is 6.07 Å². The highest BCUT2D eigenvalue weighted by atomic mass is 32.2. The minimum absolute atomic E-state index is 0.148. The van der Waals surface area contributed by atoms with Crippen molar-refractivity contribution in [2.45, 2.75) is 26.0 Å². The van der Waals surface area contributed by atoms with Crippen molar-refractivity contribution in [3.63, 3.8) is 0 Å². The van der Waals surface area contributed by atoms with E-state index in [2.05, 4.69) is 0 Å². The van der Waals surface area contributed by atoms with Gasteiger partial charge in [0.15, 0.2) is 0 Å². The Balaban J connectivity index is 2.17. The number of aryl methyl sites for hydroxylation is 1. The summed E-state index contributed by atoms with van der Waals surface area (Å²) in [5.41, 5.74) is 1.24. The molecule has 0 fully saturated rings. The quantitative estimate of drug-likeness (QED) is 0.908. The molecule has 1 N–H and O–H groups in total. The van der Waals surface area contributed by atoms with Crippen LogP contribution in [0, 0.1) is 5.92 Å². The summed E-state index contributed by atoms with van der Waals surface area (Å²) in [5, 5.41) is 8.96. The molecule has 2 heterocycles. The van der Waals surface area contributed by atoms with Crippen LogP contribution in [-0.2, 0) is 17.0 Å². The summed E-state index contributed by atoms with van der Waals surface area (Å²) in [4.78, 5) is 26.8. The minimum Gasteiger partial charge on any atom is -0.480 e. The molecule has 1 aliphatic rings. The average molecular weight is 313 g/mol. The molecule has 0 saturated carbocycles. The number of aliphatic carboxylic acids is 1. The second-order valence-corrected chi connectivity index (χ2v) is 7.58. The average Bonchev–Trinajstić information content (AvgIpc) is 2.79. The van der Waals surface area contributed by atoms with E-state index < -0.39 is 5.97 Å². The molecule has 0 aromatic carbocycles. The van der Waals surface area contributed by atoms with Crippen LogP contribution in [0.3, 0.4) is 0 Å². The number of thiophene rings is 1. The number of carbonyl (C=O) groups excluding carboxylic acids is 1. The second-order valence-electron chi connectivity index (χ2n) is 5.33. The van der Waals surface area contributed by atoms with E-state index in [0.717, 1.165) is 17.9 Å². The number of amides is 1. The lowest BCUT2D eigenvalue weighted by Gasteiger charge is -2.22. The zero-order valence-corrected chi connectivity index (χ0v) is 13.4. The molecule has 1 aromatic heterocycles. The Morgan fingerprint density at radius 3 is 2.80 bits per heavy atom. The first-order valence-corrected chi connectivity index (χ1v) is 8.65. The molecule has 0 saturated heterocycles. The molecule has 1 aromatic rings. The van der Waals surface area contributed by atoms with E-state index in [9.17, 15) is 9.59 Å². The molecule has 0 bridgehead atoms. The Kier molecular flexibility index (Phi) is 5.10. The van der Waals surface area contributed by atoms with Crippen LogP contribution in [-0.4, -0.2) is 40.7 Å². The van der Waals surface area contributed by atoms with Crippen LogP contribution in [0.1, 0.15) is 34.0 Å². The molecular weight excluding hydrogens is 294 g/mol. The fourth-order valence-corrected chi connectivity index (χ4v) is 4.57. The van der Waals surface area contributed by atoms with E-state index in [1.54, 1.807) is 0 Å². The molecule has 110 valence electrons. The molecule has 0 unspecified atom stereocenters. The smallest absolute Gasteiger partial charge is 0.323 e. The largest absolute Gasteiger partial charge is 0.480 e. The highest BCUT2D eigenvalue weighted by Crippen LogP contribution is 2.32. The number of carboxylic acids is 1. The van der Waals surface area contributed by atoms with Crippen LogP contribution in [0.25, 0.3) is 0 Å². The first-order chi connectivity index (χ1) is 9.47. The Morgan fingerprint density at radius 1 is 1.45 bits per heavy atom. The summed E-state index contributed by atoms with van der Waals surface area (Å²) in [5.74, 6) is 1.21. The molecule has 20 heavy (non-hydrogen) atoms. The summed E-state index contributed by atoms with van der Waals surface area (Å²) in [7, 11) is 0. The Hall–Kier alpha value is -1.01. The van der Waals surface area contributed by atoms with E-state index in [0.29, 0.717) is 11.4 Å². The van der Waals surface area contributed by atoms with Gasteiger partial charge in [0.2, 0.25) is 0 Å². The third-order valence-corrected chi connectivity index (χ3v) is 5.27. The lowest BCUT2D eigenvalue weighted by atomic mass is 10.2. The second kappa shape index (κ2) is 6.63. The van der Waals surface area contributed by atoms with Gasteiger partial charge in [-0.1, -0.05) is 13.8 Å². The Morgan fingerprint density at radius 2 is 2.20 bits per heavy atom. The van der Waals surface area contributed by atoms with Crippen LogP contribution in [0.4, 0.5) is 0 Å². The zero-order valence-electron chi connectivity index (χ0n) is 11.7. The maximum atomic E-state index is 12.5. The molecule has 2 rings (SSSR count). The fraction of sp³-hybridized carbons (Fsp3) is 0.571. The first-order valence-electron chi connectivity index (χ1n) is 6.67. The highest BCUT2D eigenvalue weighted by Gasteiger charge is 2.23. The lowest BCUT2D eigenvalue weighted by Crippen LogP contribution is -2.37. The van der Waals surface area contributed by atoms with Gasteiger partial charge in [0.05, 0.1) is 4.88 Å². The van der Waals surface area contributed by atoms with Crippen molar-refractivity contribution in [3.8, 4) is 0 Å². The molecule has 0 spiro atoms. The standard InChI is InChI=1S/C14H19NO3S2/c1-9(2)6-15(7-13(16)17)14(18)12-5-10-8-19-4-3-11(10)20-12/h5,9H,3-4,6-8H2,1-2H3,(H,16,17). The third-order valence-electron chi connectivity index (χ3n) is 3.04. The Bertz CT molecular complexity index is 487. The van der Waals surface area contributed by atoms with Crippen molar-refractivity contribution in [2.24, 2.45) is 5.92 Å². The maximum Gasteiger partial charge on any atom is 0.323 e. The molecular formula is C14H19NO3S2. The number of thioether (sulfide) groups is 1. The number of carbonyl (C=O) groups is 2. The zero-order chi connectivity index (χ0) is 14.7. The van der Waals surface area contributed by atoms with Crippen LogP contribution >= 0.6 is 23.1 Å². The maximum absolute atomic E-state index is 12.5. The molecule has 6 heteroatoms. The van der Waals surface area contributed by atoms with Crippen molar-refractivity contribution in [1.82, 2.24) is 4.90 Å².